The quantitative estimate of drug-likeness (QED) is 0.316. The van der Waals surface area contributed by atoms with Gasteiger partial charge in [-0.3, -0.25) is 4.79 Å². The van der Waals surface area contributed by atoms with E-state index in [1.807, 2.05) is 31.7 Å². The van der Waals surface area contributed by atoms with E-state index in [9.17, 15) is 9.59 Å². The number of amides is 1. The molecule has 1 saturated heterocycles. The molecule has 0 unspecified atom stereocenters. The van der Waals surface area contributed by atoms with Gasteiger partial charge in [-0.2, -0.15) is 10.1 Å². The molecule has 2 aromatic heterocycles. The Morgan fingerprint density at radius 1 is 1.24 bits per heavy atom. The van der Waals surface area contributed by atoms with E-state index in [1.165, 1.54) is 10.6 Å². The lowest BCUT2D eigenvalue weighted by Gasteiger charge is -2.40. The molecule has 2 aliphatic heterocycles. The summed E-state index contributed by atoms with van der Waals surface area (Å²) in [5.41, 5.74) is 1.84. The maximum atomic E-state index is 15.7. The minimum absolute atomic E-state index is 0.0537. The van der Waals surface area contributed by atoms with Crippen molar-refractivity contribution in [1.82, 2.24) is 24.2 Å². The predicted octanol–water partition coefficient (Wildman–Crippen LogP) is 5.05. The van der Waals surface area contributed by atoms with E-state index in [0.717, 1.165) is 0 Å². The van der Waals surface area contributed by atoms with Crippen LogP contribution in [0.5, 0.6) is 5.75 Å². The summed E-state index contributed by atoms with van der Waals surface area (Å²) in [7, 11) is 0. The van der Waals surface area contributed by atoms with Crippen molar-refractivity contribution in [2.24, 2.45) is 0 Å². The minimum atomic E-state index is -0.532. The van der Waals surface area contributed by atoms with Gasteiger partial charge in [0.2, 0.25) is 5.91 Å². The molecule has 4 aromatic rings. The molecule has 2 aliphatic rings. The van der Waals surface area contributed by atoms with Crippen LogP contribution in [-0.4, -0.2) is 55.8 Å². The second-order valence-corrected chi connectivity index (χ2v) is 11.2. The number of carbonyl (C=O) groups is 1. The molecule has 0 aliphatic carbocycles. The van der Waals surface area contributed by atoms with Gasteiger partial charge in [0.15, 0.2) is 5.75 Å². The highest BCUT2D eigenvalue weighted by Gasteiger charge is 2.33. The van der Waals surface area contributed by atoms with Crippen molar-refractivity contribution in [2.75, 3.05) is 24.5 Å². The Balaban J connectivity index is 1.67. The van der Waals surface area contributed by atoms with Gasteiger partial charge < -0.3 is 14.5 Å². The molecule has 0 bridgehead atoms. The molecule has 1 fully saturated rings. The van der Waals surface area contributed by atoms with Crippen LogP contribution < -0.4 is 15.3 Å². The van der Waals surface area contributed by atoms with Crippen LogP contribution in [-0.2, 0) is 11.4 Å². The van der Waals surface area contributed by atoms with Crippen LogP contribution in [0.1, 0.15) is 37.9 Å². The van der Waals surface area contributed by atoms with Crippen LogP contribution in [0, 0.1) is 12.7 Å². The Morgan fingerprint density at radius 3 is 2.73 bits per heavy atom. The van der Waals surface area contributed by atoms with Crippen molar-refractivity contribution in [3.63, 3.8) is 0 Å². The van der Waals surface area contributed by atoms with Crippen LogP contribution in [0.2, 0.25) is 5.02 Å². The normalized spacial score (nSPS) is 16.5. The number of aromatic nitrogens is 4. The van der Waals surface area contributed by atoms with Crippen molar-refractivity contribution in [3.8, 4) is 22.7 Å². The highest BCUT2D eigenvalue weighted by molar-refractivity contribution is 6.35. The minimum Gasteiger partial charge on any atom is -0.486 e. The fraction of sp³-hybridized carbons (Fsp3) is 0.333. The lowest BCUT2D eigenvalue weighted by molar-refractivity contribution is -0.126. The zero-order chi connectivity index (χ0) is 29.2. The number of ether oxygens (including phenoxy) is 1. The monoisotopic (exact) mass is 576 g/mol. The maximum Gasteiger partial charge on any atom is 0.355 e. The molecule has 212 valence electrons. The summed E-state index contributed by atoms with van der Waals surface area (Å²) >= 11 is 6.94. The fourth-order valence-corrected chi connectivity index (χ4v) is 6.14. The van der Waals surface area contributed by atoms with E-state index in [-0.39, 0.29) is 35.4 Å². The van der Waals surface area contributed by atoms with Crippen molar-refractivity contribution >= 4 is 34.2 Å². The van der Waals surface area contributed by atoms with Gasteiger partial charge in [-0.25, -0.2) is 18.4 Å². The van der Waals surface area contributed by atoms with Crippen LogP contribution in [0.4, 0.5) is 10.2 Å². The second kappa shape index (κ2) is 10.0. The smallest absolute Gasteiger partial charge is 0.355 e. The zero-order valence-corrected chi connectivity index (χ0v) is 24.1. The summed E-state index contributed by atoms with van der Waals surface area (Å²) in [5.74, 6) is 0.731. The van der Waals surface area contributed by atoms with Gasteiger partial charge >= 0.3 is 5.69 Å². The number of benzene rings is 2. The van der Waals surface area contributed by atoms with Gasteiger partial charge in [0.05, 0.1) is 11.2 Å². The largest absolute Gasteiger partial charge is 0.486 e. The third kappa shape index (κ3) is 4.20. The number of piperazine rings is 1. The summed E-state index contributed by atoms with van der Waals surface area (Å²) in [5, 5.41) is 5.30. The molecule has 9 nitrogen and oxygen atoms in total. The Hall–Kier alpha value is -4.18. The third-order valence-electron chi connectivity index (χ3n) is 7.86. The predicted molar refractivity (Wildman–Crippen MR) is 157 cm³/mol. The summed E-state index contributed by atoms with van der Waals surface area (Å²) in [6, 6.07) is 6.82. The molecule has 2 aromatic carbocycles. The first-order valence-electron chi connectivity index (χ1n) is 13.5. The van der Waals surface area contributed by atoms with Gasteiger partial charge in [-0.05, 0) is 45.4 Å². The number of hydrogen-bond acceptors (Lipinski definition) is 6. The Kier molecular flexibility index (Phi) is 6.60. The molecule has 0 radical (unpaired) electrons. The Labute approximate surface area is 241 Å². The summed E-state index contributed by atoms with van der Waals surface area (Å²) < 4.78 is 25.2. The van der Waals surface area contributed by atoms with E-state index >= 15 is 4.39 Å². The van der Waals surface area contributed by atoms with Crippen LogP contribution in [0.15, 0.2) is 47.9 Å². The number of halogens is 2. The molecule has 1 atom stereocenters. The van der Waals surface area contributed by atoms with E-state index in [2.05, 4.69) is 16.7 Å². The van der Waals surface area contributed by atoms with Crippen molar-refractivity contribution in [3.05, 3.63) is 75.6 Å². The lowest BCUT2D eigenvalue weighted by Crippen LogP contribution is -2.54. The van der Waals surface area contributed by atoms with Gasteiger partial charge in [-0.15, -0.1) is 0 Å². The van der Waals surface area contributed by atoms with Crippen LogP contribution in [0.3, 0.4) is 0 Å². The van der Waals surface area contributed by atoms with Crippen LogP contribution >= 0.6 is 11.6 Å². The number of rotatable bonds is 4. The first kappa shape index (κ1) is 27.0. The molecule has 4 heterocycles. The standard InChI is InChI=1S/C30H30ClFN6O3/c1-6-23(39)35-11-12-36(18(5)14-35)29-20-13-21(31)25-24-19(8-7-17(4)26(24)32)15-41-28(25)27(20)37(30(40)34-29)22-9-10-33-38(22)16(2)3/h6-10,13,16,18H,1,11-12,14-15H2,2-5H3/t18-/m0/s1. The number of carbonyl (C=O) groups excluding carboxylic acids is 1. The van der Waals surface area contributed by atoms with Gasteiger partial charge in [0, 0.05) is 59.9 Å². The molecule has 1 amide bonds. The van der Waals surface area contributed by atoms with Crippen molar-refractivity contribution < 1.29 is 13.9 Å². The first-order valence-corrected chi connectivity index (χ1v) is 13.9. The SMILES string of the molecule is C=CC(=O)N1CCN(c2nc(=O)n(-c3ccnn3C(C)C)c3c4c(c(Cl)cc23)-c2c(ccc(C)c2F)CO4)[C@@H](C)C1. The van der Waals surface area contributed by atoms with Gasteiger partial charge in [-0.1, -0.05) is 30.3 Å². The second-order valence-electron chi connectivity index (χ2n) is 10.8. The number of nitrogens with zero attached hydrogens (tertiary/aromatic N) is 6. The van der Waals surface area contributed by atoms with Gasteiger partial charge in [0.1, 0.15) is 29.6 Å². The van der Waals surface area contributed by atoms with E-state index in [1.54, 1.807) is 40.9 Å². The van der Waals surface area contributed by atoms with E-state index in [4.69, 9.17) is 16.3 Å². The number of hydrogen-bond donors (Lipinski definition) is 0. The summed E-state index contributed by atoms with van der Waals surface area (Å²) in [4.78, 5) is 34.6. The van der Waals surface area contributed by atoms with Crippen LogP contribution in [0.25, 0.3) is 27.8 Å². The average Bonchev–Trinajstić information content (AvgIpc) is 3.44. The maximum absolute atomic E-state index is 15.7. The number of fused-ring (bicyclic) bond motifs is 5. The number of anilines is 1. The van der Waals surface area contributed by atoms with Crippen molar-refractivity contribution in [1.29, 1.82) is 0 Å². The van der Waals surface area contributed by atoms with Crippen molar-refractivity contribution in [2.45, 2.75) is 46.4 Å². The van der Waals surface area contributed by atoms with E-state index < -0.39 is 5.69 Å². The molecule has 0 spiro atoms. The highest BCUT2D eigenvalue weighted by atomic mass is 35.5. The average molecular weight is 577 g/mol. The molecule has 11 heteroatoms. The lowest BCUT2D eigenvalue weighted by atomic mass is 9.93. The molecule has 0 saturated carbocycles. The molecule has 41 heavy (non-hydrogen) atoms. The van der Waals surface area contributed by atoms with E-state index in [0.29, 0.717) is 70.2 Å². The summed E-state index contributed by atoms with van der Waals surface area (Å²) in [6.07, 6.45) is 2.93. The first-order chi connectivity index (χ1) is 19.6. The molecular formula is C30H30ClFN6O3. The highest BCUT2D eigenvalue weighted by Crippen LogP contribution is 2.49. The summed E-state index contributed by atoms with van der Waals surface area (Å²) in [6.45, 7) is 12.6. The fourth-order valence-electron chi connectivity index (χ4n) is 5.85. The van der Waals surface area contributed by atoms with Gasteiger partial charge in [0.25, 0.3) is 0 Å². The Bertz CT molecular complexity index is 1800. The topological polar surface area (TPSA) is 85.5 Å². The number of aryl methyl sites for hydroxylation is 1. The Morgan fingerprint density at radius 2 is 2.02 bits per heavy atom. The molecular weight excluding hydrogens is 547 g/mol. The third-order valence-corrected chi connectivity index (χ3v) is 8.16. The molecule has 0 N–H and O–H groups in total. The zero-order valence-electron chi connectivity index (χ0n) is 23.3. The molecule has 6 rings (SSSR count).